The fourth-order valence-electron chi connectivity index (χ4n) is 6.48. The Kier molecular flexibility index (Phi) is 9.42. The first kappa shape index (κ1) is 34.4. The van der Waals surface area contributed by atoms with Crippen molar-refractivity contribution in [2.45, 2.75) is 61.3 Å². The van der Waals surface area contributed by atoms with Crippen LogP contribution in [0.4, 0.5) is 0 Å². The molecule has 0 N–H and O–H groups in total. The Morgan fingerprint density at radius 3 is 2.16 bits per heavy atom. The number of pyridine rings is 1. The zero-order valence-corrected chi connectivity index (χ0v) is 30.8. The molecule has 0 aliphatic heterocycles. The van der Waals surface area contributed by atoms with Crippen molar-refractivity contribution in [2.75, 3.05) is 0 Å². The SMILES string of the molecule is Cc1ccnc(-n2c3[c-]c(Oc4[c-]c(-n5nc(CC(C)(C)C)c(-c6ccccc6)c5CC(C)(C)C)ccc4)ccc3c3ccccc32)c1.[Pd+2]. The van der Waals surface area contributed by atoms with Gasteiger partial charge in [0.25, 0.3) is 0 Å². The number of hydrogen-bond acceptors (Lipinski definition) is 3. The van der Waals surface area contributed by atoms with Crippen LogP contribution >= 0.6 is 0 Å². The second-order valence-electron chi connectivity index (χ2n) is 15.2. The Bertz CT molecular complexity index is 2250. The maximum atomic E-state index is 6.52. The van der Waals surface area contributed by atoms with Crippen LogP contribution in [0.3, 0.4) is 0 Å². The molecule has 4 aromatic carbocycles. The Balaban J connectivity index is 0.00000417. The summed E-state index contributed by atoms with van der Waals surface area (Å²) in [6.07, 6.45) is 3.57. The smallest absolute Gasteiger partial charge is 0.509 e. The van der Waals surface area contributed by atoms with E-state index in [0.717, 1.165) is 57.4 Å². The maximum absolute atomic E-state index is 6.52. The van der Waals surface area contributed by atoms with Crippen LogP contribution in [0.2, 0.25) is 0 Å². The van der Waals surface area contributed by atoms with Crippen molar-refractivity contribution in [3.63, 3.8) is 0 Å². The molecule has 0 fully saturated rings. The molecule has 7 rings (SSSR count). The fraction of sp³-hybridized carbons (Fsp3) is 0.256. The van der Waals surface area contributed by atoms with Crippen molar-refractivity contribution < 1.29 is 25.2 Å². The molecule has 0 unspecified atom stereocenters. The van der Waals surface area contributed by atoms with Crippen LogP contribution in [0.1, 0.15) is 58.5 Å². The van der Waals surface area contributed by atoms with E-state index in [0.29, 0.717) is 11.5 Å². The van der Waals surface area contributed by atoms with E-state index in [1.54, 1.807) is 0 Å². The second-order valence-corrected chi connectivity index (χ2v) is 15.2. The van der Waals surface area contributed by atoms with E-state index in [9.17, 15) is 0 Å². The number of para-hydroxylation sites is 1. The molecule has 0 aliphatic carbocycles. The van der Waals surface area contributed by atoms with Crippen molar-refractivity contribution in [1.82, 2.24) is 19.3 Å². The summed E-state index contributed by atoms with van der Waals surface area (Å²) in [6.45, 7) is 15.7. The zero-order valence-electron chi connectivity index (χ0n) is 29.2. The molecular weight excluding hydrogens is 695 g/mol. The van der Waals surface area contributed by atoms with E-state index in [2.05, 4.69) is 143 Å². The zero-order chi connectivity index (χ0) is 33.6. The van der Waals surface area contributed by atoms with Gasteiger partial charge in [-0.3, -0.25) is 4.68 Å². The largest absolute Gasteiger partial charge is 2.00 e. The Morgan fingerprint density at radius 2 is 1.43 bits per heavy atom. The van der Waals surface area contributed by atoms with Crippen LogP contribution in [0.25, 0.3) is 44.4 Å². The average molecular weight is 737 g/mol. The summed E-state index contributed by atoms with van der Waals surface area (Å²) in [5.41, 5.74) is 8.81. The van der Waals surface area contributed by atoms with Gasteiger partial charge in [0, 0.05) is 28.8 Å². The number of aryl methyl sites for hydroxylation is 1. The third-order valence-electron chi connectivity index (χ3n) is 8.40. The van der Waals surface area contributed by atoms with Gasteiger partial charge >= 0.3 is 20.4 Å². The average Bonchev–Trinajstić information content (AvgIpc) is 3.54. The van der Waals surface area contributed by atoms with E-state index in [1.165, 1.54) is 16.8 Å². The molecule has 0 aliphatic rings. The summed E-state index contributed by atoms with van der Waals surface area (Å²) >= 11 is 0. The predicted molar refractivity (Wildman–Crippen MR) is 196 cm³/mol. The van der Waals surface area contributed by atoms with E-state index in [-0.39, 0.29) is 31.3 Å². The summed E-state index contributed by atoms with van der Waals surface area (Å²) in [5.74, 6) is 2.07. The van der Waals surface area contributed by atoms with Gasteiger partial charge in [-0.1, -0.05) is 95.6 Å². The third-order valence-corrected chi connectivity index (χ3v) is 8.40. The van der Waals surface area contributed by atoms with Gasteiger partial charge in [0.2, 0.25) is 0 Å². The van der Waals surface area contributed by atoms with Crippen molar-refractivity contribution in [3.05, 3.63) is 132 Å². The van der Waals surface area contributed by atoms with Gasteiger partial charge in [-0.15, -0.1) is 35.7 Å². The van der Waals surface area contributed by atoms with E-state index in [4.69, 9.17) is 14.8 Å². The minimum absolute atomic E-state index is 0. The molecule has 0 saturated heterocycles. The number of benzene rings is 4. The van der Waals surface area contributed by atoms with Crippen LogP contribution in [-0.2, 0) is 33.3 Å². The topological polar surface area (TPSA) is 44.9 Å². The Hall–Kier alpha value is -4.50. The van der Waals surface area contributed by atoms with Crippen LogP contribution in [-0.4, -0.2) is 19.3 Å². The molecule has 0 atom stereocenters. The molecule has 0 spiro atoms. The van der Waals surface area contributed by atoms with E-state index in [1.807, 2.05) is 30.5 Å². The van der Waals surface area contributed by atoms with Crippen molar-refractivity contribution in [2.24, 2.45) is 10.8 Å². The standard InChI is InChI=1S/C43H42N4O.Pd/c1-29-22-23-44-40(24-29)46-37-19-12-11-18-34(37)35-21-20-33(26-38(35)46)48-32-17-13-16-31(25-32)47-39(28-43(5,6)7)41(30-14-9-8-10-15-30)36(45-47)27-42(2,3)4;/h8-24H,27-28H2,1-7H3;/q-2;+2. The quantitative estimate of drug-likeness (QED) is 0.121. The molecule has 0 bridgehead atoms. The molecule has 3 aromatic heterocycles. The van der Waals surface area contributed by atoms with Crippen LogP contribution < -0.4 is 4.74 Å². The van der Waals surface area contributed by atoms with Gasteiger partial charge in [0.1, 0.15) is 5.82 Å². The molecule has 0 amide bonds. The number of aromatic nitrogens is 4. The summed E-state index contributed by atoms with van der Waals surface area (Å²) in [4.78, 5) is 4.71. The van der Waals surface area contributed by atoms with Gasteiger partial charge in [0.05, 0.1) is 11.4 Å². The monoisotopic (exact) mass is 736 g/mol. The molecule has 5 nitrogen and oxygen atoms in total. The number of rotatable bonds is 7. The minimum Gasteiger partial charge on any atom is -0.509 e. The van der Waals surface area contributed by atoms with Crippen LogP contribution in [0.15, 0.2) is 103 Å². The Morgan fingerprint density at radius 1 is 0.714 bits per heavy atom. The molecule has 49 heavy (non-hydrogen) atoms. The fourth-order valence-corrected chi connectivity index (χ4v) is 6.48. The van der Waals surface area contributed by atoms with Crippen molar-refractivity contribution in [1.29, 1.82) is 0 Å². The number of ether oxygens (including phenoxy) is 1. The van der Waals surface area contributed by atoms with Gasteiger partial charge in [-0.25, -0.2) is 4.98 Å². The normalized spacial score (nSPS) is 12.0. The number of nitrogens with zero attached hydrogens (tertiary/aromatic N) is 4. The maximum Gasteiger partial charge on any atom is 2.00 e. The number of fused-ring (bicyclic) bond motifs is 3. The van der Waals surface area contributed by atoms with E-state index < -0.39 is 0 Å². The number of hydrogen-bond donors (Lipinski definition) is 0. The predicted octanol–water partition coefficient (Wildman–Crippen LogP) is 10.9. The van der Waals surface area contributed by atoms with Gasteiger partial charge in [-0.2, -0.15) is 17.2 Å². The van der Waals surface area contributed by atoms with Gasteiger partial charge in [-0.05, 0) is 71.0 Å². The first-order valence-electron chi connectivity index (χ1n) is 16.7. The van der Waals surface area contributed by atoms with E-state index >= 15 is 0 Å². The van der Waals surface area contributed by atoms with Crippen LogP contribution in [0, 0.1) is 29.9 Å². The Labute approximate surface area is 303 Å². The molecule has 6 heteroatoms. The van der Waals surface area contributed by atoms with Crippen molar-refractivity contribution >= 4 is 21.8 Å². The first-order chi connectivity index (χ1) is 22.9. The molecule has 250 valence electrons. The molecule has 0 saturated carbocycles. The van der Waals surface area contributed by atoms with Crippen molar-refractivity contribution in [3.8, 4) is 34.1 Å². The van der Waals surface area contributed by atoms with Gasteiger partial charge in [0.15, 0.2) is 0 Å². The van der Waals surface area contributed by atoms with Crippen LogP contribution in [0.5, 0.6) is 11.5 Å². The first-order valence-corrected chi connectivity index (χ1v) is 16.7. The molecular formula is C43H42N4OPd. The summed E-state index contributed by atoms with van der Waals surface area (Å²) in [7, 11) is 0. The summed E-state index contributed by atoms with van der Waals surface area (Å²) < 4.78 is 10.8. The van der Waals surface area contributed by atoms with Gasteiger partial charge < -0.3 is 9.30 Å². The summed E-state index contributed by atoms with van der Waals surface area (Å²) in [6, 6.07) is 40.4. The summed E-state index contributed by atoms with van der Waals surface area (Å²) in [5, 5.41) is 7.55. The molecule has 7 aromatic rings. The third kappa shape index (κ3) is 7.27. The minimum atomic E-state index is 0. The second kappa shape index (κ2) is 13.4. The molecule has 0 radical (unpaired) electrons. The molecule has 3 heterocycles.